The normalized spacial score (nSPS) is 23.1. The Kier molecular flexibility index (Phi) is 12.6. The maximum atomic E-state index is 15.2. The first-order chi connectivity index (χ1) is 18.0. The van der Waals surface area contributed by atoms with E-state index in [1.165, 1.54) is 46.0 Å². The van der Waals surface area contributed by atoms with Crippen molar-refractivity contribution >= 4 is 11.9 Å². The Morgan fingerprint density at radius 2 is 1.66 bits per heavy atom. The van der Waals surface area contributed by atoms with E-state index in [0.717, 1.165) is 31.5 Å². The molecule has 0 unspecified atom stereocenters. The highest BCUT2D eigenvalue weighted by Gasteiger charge is 2.57. The summed E-state index contributed by atoms with van der Waals surface area (Å²) in [5.74, 6) is -4.87. The molecule has 1 aromatic rings. The minimum atomic E-state index is -2.99. The lowest BCUT2D eigenvalue weighted by Crippen LogP contribution is -2.44. The van der Waals surface area contributed by atoms with Crippen LogP contribution < -0.4 is 11.2 Å². The van der Waals surface area contributed by atoms with Gasteiger partial charge in [-0.05, 0) is 6.42 Å². The number of ether oxygens (including phenoxy) is 3. The highest BCUT2D eigenvalue weighted by atomic mass is 19.2. The van der Waals surface area contributed by atoms with Gasteiger partial charge in [0.2, 0.25) is 0 Å². The minimum Gasteiger partial charge on any atom is -0.459 e. The number of carbonyl (C=O) groups excluding carboxylic acids is 2. The van der Waals surface area contributed by atoms with Gasteiger partial charge in [0.1, 0.15) is 12.2 Å². The average Bonchev–Trinajstić information content (AvgIpc) is 3.10. The molecule has 0 radical (unpaired) electrons. The lowest BCUT2D eigenvalue weighted by molar-refractivity contribution is -0.218. The fourth-order valence-electron chi connectivity index (χ4n) is 4.06. The average molecular weight is 545 g/mol. The number of hydrogen-bond donors (Lipinski definition) is 2. The molecule has 1 saturated heterocycles. The number of hydrogen-bond acceptors (Lipinski definition) is 9. The highest BCUT2D eigenvalue weighted by molar-refractivity contribution is 5.71. The van der Waals surface area contributed by atoms with Crippen molar-refractivity contribution < 1.29 is 38.4 Å². The summed E-state index contributed by atoms with van der Waals surface area (Å²) < 4.78 is 31.5. The van der Waals surface area contributed by atoms with Crippen LogP contribution in [0.3, 0.4) is 0 Å². The molecule has 38 heavy (non-hydrogen) atoms. The van der Waals surface area contributed by atoms with Gasteiger partial charge in [-0.3, -0.25) is 19.0 Å². The van der Waals surface area contributed by atoms with E-state index in [2.05, 4.69) is 6.92 Å². The molecule has 2 N–H and O–H groups in total. The first-order valence-corrected chi connectivity index (χ1v) is 13.4. The minimum absolute atomic E-state index is 0.141. The molecule has 2 rings (SSSR count). The van der Waals surface area contributed by atoms with Crippen molar-refractivity contribution in [2.75, 3.05) is 6.61 Å². The highest BCUT2D eigenvalue weighted by Crippen LogP contribution is 2.38. The number of unbranched alkanes of at least 4 members (excludes halogenated alkanes) is 8. The van der Waals surface area contributed by atoms with E-state index in [1.807, 2.05) is 0 Å². The summed E-state index contributed by atoms with van der Waals surface area (Å²) in [6, 6.07) is 0.954. The van der Waals surface area contributed by atoms with Crippen molar-refractivity contribution in [3.63, 3.8) is 0 Å². The molecular weight excluding hydrogens is 503 g/mol. The van der Waals surface area contributed by atoms with Crippen molar-refractivity contribution in [3.05, 3.63) is 33.1 Å². The number of nitrogens with zero attached hydrogens (tertiary/aromatic N) is 2. The van der Waals surface area contributed by atoms with Gasteiger partial charge >= 0.3 is 17.6 Å². The summed E-state index contributed by atoms with van der Waals surface area (Å²) in [5.41, 5.74) is -1.83. The zero-order chi connectivity index (χ0) is 28.3. The van der Waals surface area contributed by atoms with Gasteiger partial charge in [-0.25, -0.2) is 13.8 Å². The van der Waals surface area contributed by atoms with Crippen molar-refractivity contribution in [1.82, 2.24) is 9.13 Å². The monoisotopic (exact) mass is 544 g/mol. The molecule has 4 atom stereocenters. The van der Waals surface area contributed by atoms with Crippen LogP contribution >= 0.6 is 0 Å². The maximum absolute atomic E-state index is 15.2. The van der Waals surface area contributed by atoms with Gasteiger partial charge in [0.05, 0.1) is 5.92 Å². The topological polar surface area (TPSA) is 146 Å². The van der Waals surface area contributed by atoms with E-state index in [-0.39, 0.29) is 6.42 Å². The van der Waals surface area contributed by atoms with Crippen LogP contribution in [-0.2, 0) is 30.5 Å². The Balaban J connectivity index is 1.92. The van der Waals surface area contributed by atoms with Gasteiger partial charge in [-0.15, -0.1) is 0 Å². The molecule has 216 valence electrons. The zero-order valence-electron chi connectivity index (χ0n) is 22.5. The quantitative estimate of drug-likeness (QED) is 0.237. The number of carbonyl (C=O) groups is 2. The van der Waals surface area contributed by atoms with E-state index < -0.39 is 66.7 Å². The number of esters is 2. The first-order valence-electron chi connectivity index (χ1n) is 13.4. The third-order valence-corrected chi connectivity index (χ3v) is 6.47. The maximum Gasteiger partial charge on any atom is 0.335 e. The van der Waals surface area contributed by atoms with Gasteiger partial charge in [0.25, 0.3) is 11.4 Å². The van der Waals surface area contributed by atoms with Crippen LogP contribution in [0.4, 0.5) is 4.39 Å². The second-order valence-electron chi connectivity index (χ2n) is 9.99. The Labute approximate surface area is 221 Å². The first kappa shape index (κ1) is 31.6. The van der Waals surface area contributed by atoms with Gasteiger partial charge in [-0.1, -0.05) is 72.1 Å². The Hall–Kier alpha value is -2.57. The van der Waals surface area contributed by atoms with Crippen molar-refractivity contribution in [3.8, 4) is 0 Å². The molecule has 1 aliphatic rings. The van der Waals surface area contributed by atoms with Gasteiger partial charge in [-0.2, -0.15) is 0 Å². The summed E-state index contributed by atoms with van der Waals surface area (Å²) in [6.07, 6.45) is 5.05. The molecule has 11 nitrogen and oxygen atoms in total. The van der Waals surface area contributed by atoms with E-state index in [0.29, 0.717) is 15.6 Å². The summed E-state index contributed by atoms with van der Waals surface area (Å²) in [4.78, 5) is 48.9. The lowest BCUT2D eigenvalue weighted by atomic mass is 10.1. The van der Waals surface area contributed by atoms with Crippen molar-refractivity contribution in [2.24, 2.45) is 5.92 Å². The standard InChI is InChI=1S/C26H41FN2O9/c1-4-5-6-7-8-9-10-11-12-13-20(31)37-17-29-19(30)14-15-28(25(29)35)23-21(32)22(33)26(27,38-23)16-36-24(34)18(2)3/h14-15,18,21-23,32-33H,4-13,16-17H2,1-3H3/t21-,22+,23-,26-/m1/s1. The molecule has 1 aliphatic heterocycles. The second-order valence-corrected chi connectivity index (χ2v) is 9.99. The van der Waals surface area contributed by atoms with Crippen LogP contribution in [0.15, 0.2) is 21.9 Å². The van der Waals surface area contributed by atoms with Crippen LogP contribution in [0.2, 0.25) is 0 Å². The smallest absolute Gasteiger partial charge is 0.335 e. The predicted molar refractivity (Wildman–Crippen MR) is 135 cm³/mol. The molecule has 0 amide bonds. The molecule has 0 spiro atoms. The fourth-order valence-corrected chi connectivity index (χ4v) is 4.06. The van der Waals surface area contributed by atoms with Crippen LogP contribution in [0.1, 0.15) is 91.2 Å². The van der Waals surface area contributed by atoms with Gasteiger partial charge < -0.3 is 24.4 Å². The Morgan fingerprint density at radius 1 is 1.05 bits per heavy atom. The molecule has 0 bridgehead atoms. The van der Waals surface area contributed by atoms with E-state index in [9.17, 15) is 29.4 Å². The molecule has 0 aliphatic carbocycles. The molecule has 2 heterocycles. The predicted octanol–water partition coefficient (Wildman–Crippen LogP) is 2.55. The second kappa shape index (κ2) is 15.1. The van der Waals surface area contributed by atoms with Crippen molar-refractivity contribution in [1.29, 1.82) is 0 Å². The fraction of sp³-hybridized carbons (Fsp3) is 0.769. The zero-order valence-corrected chi connectivity index (χ0v) is 22.5. The van der Waals surface area contributed by atoms with Crippen molar-refractivity contribution in [2.45, 2.75) is 116 Å². The van der Waals surface area contributed by atoms with E-state index in [1.54, 1.807) is 0 Å². The molecule has 0 aromatic carbocycles. The number of aliphatic hydroxyl groups excluding tert-OH is 2. The number of aliphatic hydroxyl groups is 2. The van der Waals surface area contributed by atoms with E-state index >= 15 is 4.39 Å². The summed E-state index contributed by atoms with van der Waals surface area (Å²) in [5, 5.41) is 20.5. The molecule has 1 fully saturated rings. The molecule has 12 heteroatoms. The largest absolute Gasteiger partial charge is 0.459 e. The third-order valence-electron chi connectivity index (χ3n) is 6.47. The number of rotatable bonds is 16. The Bertz CT molecular complexity index is 1020. The van der Waals surface area contributed by atoms with Crippen LogP contribution in [0, 0.1) is 5.92 Å². The van der Waals surface area contributed by atoms with Crippen LogP contribution in [-0.4, -0.2) is 56.0 Å². The summed E-state index contributed by atoms with van der Waals surface area (Å²) in [6.45, 7) is 3.55. The molecule has 1 aromatic heterocycles. The van der Waals surface area contributed by atoms with Gasteiger partial charge in [0.15, 0.2) is 19.6 Å². The molecule has 0 saturated carbocycles. The SMILES string of the molecule is CCCCCCCCCCCC(=O)OCn1c(=O)ccn([C@@H]2O[C@](F)(COC(=O)C(C)C)[C@@H](O)[C@H]2O)c1=O. The number of aromatic nitrogens is 2. The number of halogens is 1. The van der Waals surface area contributed by atoms with E-state index in [4.69, 9.17) is 14.2 Å². The summed E-state index contributed by atoms with van der Waals surface area (Å²) >= 11 is 0. The van der Waals surface area contributed by atoms with Gasteiger partial charge in [0, 0.05) is 18.7 Å². The lowest BCUT2D eigenvalue weighted by Gasteiger charge is -2.23. The summed E-state index contributed by atoms with van der Waals surface area (Å²) in [7, 11) is 0. The number of alkyl halides is 1. The van der Waals surface area contributed by atoms with Crippen LogP contribution in [0.25, 0.3) is 0 Å². The van der Waals surface area contributed by atoms with Crippen LogP contribution in [0.5, 0.6) is 0 Å². The molecular formula is C26H41FN2O9. The Morgan fingerprint density at radius 3 is 2.26 bits per heavy atom. The third kappa shape index (κ3) is 8.74.